The summed E-state index contributed by atoms with van der Waals surface area (Å²) in [4.78, 5) is 17.2. The minimum absolute atomic E-state index is 0.141. The maximum absolute atomic E-state index is 12.6. The molecule has 0 saturated heterocycles. The third-order valence-corrected chi connectivity index (χ3v) is 5.62. The van der Waals surface area contributed by atoms with Crippen molar-refractivity contribution in [2.24, 2.45) is 0 Å². The van der Waals surface area contributed by atoms with Crippen LogP contribution in [0.3, 0.4) is 0 Å². The van der Waals surface area contributed by atoms with Crippen molar-refractivity contribution >= 4 is 22.4 Å². The van der Waals surface area contributed by atoms with E-state index in [1.54, 1.807) is 0 Å². The third-order valence-electron chi connectivity index (χ3n) is 4.86. The number of nitrogens with one attached hydrogen (secondary N) is 1. The summed E-state index contributed by atoms with van der Waals surface area (Å²) in [6.45, 7) is 4.14. The van der Waals surface area contributed by atoms with E-state index < -0.39 is 0 Å². The largest absolute Gasteiger partial charge is 0.298 e. The molecule has 0 fully saturated rings. The average Bonchev–Trinajstić information content (AvgIpc) is 3.19. The number of nitrogens with zero attached hydrogens (tertiary/aromatic N) is 1. The topological polar surface area (TPSA) is 42.0 Å². The number of rotatable bonds is 5. The second-order valence-electron chi connectivity index (χ2n) is 7.17. The molecule has 0 spiro atoms. The first kappa shape index (κ1) is 19.1. The van der Waals surface area contributed by atoms with E-state index in [1.807, 2.05) is 47.8 Å². The smallest absolute Gasteiger partial charge is 0.257 e. The monoisotopic (exact) mass is 398 g/mol. The summed E-state index contributed by atoms with van der Waals surface area (Å²) >= 11 is 1.44. The lowest BCUT2D eigenvalue weighted by Gasteiger charge is -2.05. The Morgan fingerprint density at radius 3 is 2.41 bits per heavy atom. The summed E-state index contributed by atoms with van der Waals surface area (Å²) in [5.74, 6) is -0.141. The highest BCUT2D eigenvalue weighted by Crippen LogP contribution is 2.28. The molecule has 1 amide bonds. The summed E-state index contributed by atoms with van der Waals surface area (Å²) in [6, 6.07) is 24.4. The maximum Gasteiger partial charge on any atom is 0.257 e. The van der Waals surface area contributed by atoms with Crippen molar-refractivity contribution in [3.05, 3.63) is 106 Å². The van der Waals surface area contributed by atoms with Crippen LogP contribution in [0.25, 0.3) is 11.3 Å². The van der Waals surface area contributed by atoms with Gasteiger partial charge < -0.3 is 0 Å². The van der Waals surface area contributed by atoms with Crippen molar-refractivity contribution in [1.29, 1.82) is 0 Å². The van der Waals surface area contributed by atoms with E-state index in [0.717, 1.165) is 17.7 Å². The van der Waals surface area contributed by atoms with Gasteiger partial charge in [0.1, 0.15) is 0 Å². The van der Waals surface area contributed by atoms with Crippen LogP contribution in [-0.2, 0) is 6.42 Å². The van der Waals surface area contributed by atoms with Gasteiger partial charge in [0.25, 0.3) is 5.91 Å². The minimum Gasteiger partial charge on any atom is -0.298 e. The number of amides is 1. The number of hydrogen-bond acceptors (Lipinski definition) is 3. The molecule has 4 aromatic rings. The van der Waals surface area contributed by atoms with Gasteiger partial charge in [0.05, 0.1) is 5.69 Å². The zero-order chi connectivity index (χ0) is 20.2. The zero-order valence-corrected chi connectivity index (χ0v) is 17.3. The lowest BCUT2D eigenvalue weighted by atomic mass is 10.0. The number of thiazole rings is 1. The van der Waals surface area contributed by atoms with Gasteiger partial charge >= 0.3 is 0 Å². The van der Waals surface area contributed by atoms with Gasteiger partial charge in [0, 0.05) is 16.5 Å². The summed E-state index contributed by atoms with van der Waals surface area (Å²) in [7, 11) is 0. The van der Waals surface area contributed by atoms with E-state index >= 15 is 0 Å². The van der Waals surface area contributed by atoms with Crippen molar-refractivity contribution in [3.8, 4) is 11.3 Å². The van der Waals surface area contributed by atoms with Gasteiger partial charge in [-0.3, -0.25) is 10.1 Å². The van der Waals surface area contributed by atoms with Gasteiger partial charge in [-0.25, -0.2) is 4.98 Å². The second-order valence-corrected chi connectivity index (χ2v) is 8.03. The molecule has 0 aliphatic heterocycles. The molecule has 0 radical (unpaired) electrons. The molecule has 1 aromatic heterocycles. The van der Waals surface area contributed by atoms with Crippen LogP contribution in [0.5, 0.6) is 0 Å². The fourth-order valence-corrected chi connectivity index (χ4v) is 3.95. The molecule has 0 aliphatic carbocycles. The maximum atomic E-state index is 12.6. The zero-order valence-electron chi connectivity index (χ0n) is 16.5. The number of carbonyl (C=O) groups excluding carboxylic acids is 1. The number of hydrogen-bond donors (Lipinski definition) is 1. The Hall–Kier alpha value is -3.24. The van der Waals surface area contributed by atoms with Crippen molar-refractivity contribution in [3.63, 3.8) is 0 Å². The summed E-state index contributed by atoms with van der Waals surface area (Å²) < 4.78 is 0. The Balaban J connectivity index is 1.44. The van der Waals surface area contributed by atoms with Gasteiger partial charge in [-0.1, -0.05) is 60.2 Å². The van der Waals surface area contributed by atoms with E-state index in [0.29, 0.717) is 10.7 Å². The average molecular weight is 399 g/mol. The van der Waals surface area contributed by atoms with E-state index in [-0.39, 0.29) is 5.91 Å². The quantitative estimate of drug-likeness (QED) is 0.430. The van der Waals surface area contributed by atoms with E-state index in [4.69, 9.17) is 0 Å². The van der Waals surface area contributed by atoms with Gasteiger partial charge in [-0.05, 0) is 55.2 Å². The Morgan fingerprint density at radius 1 is 0.931 bits per heavy atom. The van der Waals surface area contributed by atoms with Crippen LogP contribution in [-0.4, -0.2) is 10.9 Å². The van der Waals surface area contributed by atoms with Crippen LogP contribution >= 0.6 is 11.3 Å². The molecule has 1 N–H and O–H groups in total. The predicted octanol–water partition coefficient (Wildman–Crippen LogP) is 6.27. The van der Waals surface area contributed by atoms with Crippen LogP contribution in [0.1, 0.15) is 32.6 Å². The van der Waals surface area contributed by atoms with Crippen LogP contribution in [0.15, 0.2) is 78.2 Å². The van der Waals surface area contributed by atoms with Crippen LogP contribution in [0, 0.1) is 13.8 Å². The van der Waals surface area contributed by atoms with E-state index in [2.05, 4.69) is 54.5 Å². The summed E-state index contributed by atoms with van der Waals surface area (Å²) in [5, 5.41) is 5.52. The minimum atomic E-state index is -0.141. The van der Waals surface area contributed by atoms with Crippen LogP contribution in [0.2, 0.25) is 0 Å². The van der Waals surface area contributed by atoms with Crippen LogP contribution < -0.4 is 5.32 Å². The fraction of sp³-hybridized carbons (Fsp3) is 0.120. The van der Waals surface area contributed by atoms with Gasteiger partial charge in [0.2, 0.25) is 0 Å². The second kappa shape index (κ2) is 8.41. The molecular formula is C25H22N2OS. The Bertz CT molecular complexity index is 1130. The molecular weight excluding hydrogens is 376 g/mol. The normalized spacial score (nSPS) is 10.7. The Morgan fingerprint density at radius 2 is 1.66 bits per heavy atom. The van der Waals surface area contributed by atoms with Gasteiger partial charge in [-0.2, -0.15) is 0 Å². The number of benzene rings is 3. The molecule has 0 saturated carbocycles. The summed E-state index contributed by atoms with van der Waals surface area (Å²) in [6.07, 6.45) is 0.856. The molecule has 0 bridgehead atoms. The fourth-order valence-electron chi connectivity index (χ4n) is 3.24. The number of aryl methyl sites for hydroxylation is 2. The lowest BCUT2D eigenvalue weighted by Crippen LogP contribution is -2.11. The van der Waals surface area contributed by atoms with E-state index in [9.17, 15) is 4.79 Å². The predicted molar refractivity (Wildman–Crippen MR) is 121 cm³/mol. The third kappa shape index (κ3) is 4.61. The molecule has 4 heteroatoms. The van der Waals surface area contributed by atoms with Gasteiger partial charge in [0.15, 0.2) is 5.13 Å². The van der Waals surface area contributed by atoms with Gasteiger partial charge in [-0.15, -0.1) is 11.3 Å². The highest BCUT2D eigenvalue weighted by molar-refractivity contribution is 7.14. The van der Waals surface area contributed by atoms with E-state index in [1.165, 1.54) is 33.6 Å². The van der Waals surface area contributed by atoms with Crippen molar-refractivity contribution < 1.29 is 4.79 Å². The standard InChI is InChI=1S/C25H22N2OS/c1-17-8-9-18(2)22(14-17)23-16-29-25(26-23)27-24(28)21-12-10-20(11-13-21)15-19-6-4-3-5-7-19/h3-14,16H,15H2,1-2H3,(H,26,27,28). The molecule has 0 unspecified atom stereocenters. The first-order valence-electron chi connectivity index (χ1n) is 9.56. The number of aromatic nitrogens is 1. The molecule has 144 valence electrons. The molecule has 3 aromatic carbocycles. The Labute approximate surface area is 175 Å². The van der Waals surface area contributed by atoms with Crippen molar-refractivity contribution in [2.75, 3.05) is 5.32 Å². The van der Waals surface area contributed by atoms with Crippen LogP contribution in [0.4, 0.5) is 5.13 Å². The Kier molecular flexibility index (Phi) is 5.54. The molecule has 29 heavy (non-hydrogen) atoms. The highest BCUT2D eigenvalue weighted by atomic mass is 32.1. The number of anilines is 1. The highest BCUT2D eigenvalue weighted by Gasteiger charge is 2.11. The van der Waals surface area contributed by atoms with Crippen molar-refractivity contribution in [1.82, 2.24) is 4.98 Å². The summed E-state index contributed by atoms with van der Waals surface area (Å²) in [5.41, 5.74) is 7.43. The lowest BCUT2D eigenvalue weighted by molar-refractivity contribution is 0.102. The molecule has 3 nitrogen and oxygen atoms in total. The first-order valence-corrected chi connectivity index (χ1v) is 10.4. The molecule has 1 heterocycles. The number of carbonyl (C=O) groups is 1. The van der Waals surface area contributed by atoms with Crippen molar-refractivity contribution in [2.45, 2.75) is 20.3 Å². The molecule has 0 atom stereocenters. The SMILES string of the molecule is Cc1ccc(C)c(-c2csc(NC(=O)c3ccc(Cc4ccccc4)cc3)n2)c1. The molecule has 0 aliphatic rings. The first-order chi connectivity index (χ1) is 14.1. The molecule has 4 rings (SSSR count).